The molecule has 0 unspecified atom stereocenters. The number of aryl methyl sites for hydroxylation is 1. The van der Waals surface area contributed by atoms with Crippen molar-refractivity contribution in [3.8, 4) is 0 Å². The lowest BCUT2D eigenvalue weighted by Gasteiger charge is -2.21. The van der Waals surface area contributed by atoms with Crippen LogP contribution in [0.1, 0.15) is 31.2 Å². The zero-order valence-electron chi connectivity index (χ0n) is 12.0. The van der Waals surface area contributed by atoms with E-state index in [0.29, 0.717) is 6.04 Å². The Morgan fingerprint density at radius 2 is 2.00 bits per heavy atom. The first-order valence-electron chi connectivity index (χ1n) is 7.15. The van der Waals surface area contributed by atoms with E-state index in [1.165, 1.54) is 12.8 Å². The first kappa shape index (κ1) is 12.9. The zero-order chi connectivity index (χ0) is 13.9. The minimum absolute atomic E-state index is 0.559. The average Bonchev–Trinajstić information content (AvgIpc) is 3.03. The van der Waals surface area contributed by atoms with E-state index in [1.807, 2.05) is 42.1 Å². The van der Waals surface area contributed by atoms with E-state index in [4.69, 9.17) is 0 Å². The Balaban J connectivity index is 1.80. The minimum atomic E-state index is 0.559. The van der Waals surface area contributed by atoms with E-state index >= 15 is 0 Å². The number of hydrogen-bond acceptors (Lipinski definition) is 3. The Kier molecular flexibility index (Phi) is 3.54. The molecule has 1 aromatic heterocycles. The summed E-state index contributed by atoms with van der Waals surface area (Å²) in [5.74, 6) is 1.74. The predicted molar refractivity (Wildman–Crippen MR) is 82.4 cm³/mol. The van der Waals surface area contributed by atoms with Crippen LogP contribution in [0.15, 0.2) is 30.3 Å². The molecule has 0 amide bonds. The fraction of sp³-hybridized carbons (Fsp3) is 0.375. The van der Waals surface area contributed by atoms with Crippen LogP contribution in [-0.2, 0) is 7.05 Å². The van der Waals surface area contributed by atoms with E-state index in [-0.39, 0.29) is 0 Å². The number of benzene rings is 1. The Bertz CT molecular complexity index is 600. The molecule has 0 bridgehead atoms. The lowest BCUT2D eigenvalue weighted by atomic mass is 10.2. The van der Waals surface area contributed by atoms with Gasteiger partial charge in [0, 0.05) is 19.6 Å². The molecule has 3 rings (SSSR count). The molecule has 1 atom stereocenters. The first-order chi connectivity index (χ1) is 9.74. The van der Waals surface area contributed by atoms with Crippen LogP contribution in [-0.4, -0.2) is 27.4 Å². The van der Waals surface area contributed by atoms with Gasteiger partial charge in [0.2, 0.25) is 5.95 Å². The van der Waals surface area contributed by atoms with Crippen LogP contribution in [0.25, 0.3) is 12.2 Å². The van der Waals surface area contributed by atoms with E-state index in [2.05, 4.69) is 34.0 Å². The highest BCUT2D eigenvalue weighted by Crippen LogP contribution is 2.23. The van der Waals surface area contributed by atoms with E-state index in [0.717, 1.165) is 23.9 Å². The van der Waals surface area contributed by atoms with Crippen LogP contribution in [0.4, 0.5) is 5.95 Å². The molecule has 0 N–H and O–H groups in total. The van der Waals surface area contributed by atoms with Crippen LogP contribution < -0.4 is 4.90 Å². The molecule has 0 spiro atoms. The van der Waals surface area contributed by atoms with E-state index < -0.39 is 0 Å². The molecule has 1 aliphatic rings. The van der Waals surface area contributed by atoms with Crippen LogP contribution >= 0.6 is 0 Å². The molecule has 2 heterocycles. The van der Waals surface area contributed by atoms with Crippen molar-refractivity contribution in [1.82, 2.24) is 14.8 Å². The summed E-state index contributed by atoms with van der Waals surface area (Å²) < 4.78 is 1.88. The molecule has 1 aliphatic heterocycles. The molecule has 1 fully saturated rings. The van der Waals surface area contributed by atoms with E-state index in [1.54, 1.807) is 0 Å². The molecular weight excluding hydrogens is 248 g/mol. The number of nitrogens with zero attached hydrogens (tertiary/aromatic N) is 4. The van der Waals surface area contributed by atoms with Gasteiger partial charge in [-0.05, 0) is 31.4 Å². The molecular formula is C16H20N4. The second-order valence-electron chi connectivity index (χ2n) is 5.32. The number of anilines is 1. The van der Waals surface area contributed by atoms with Crippen molar-refractivity contribution >= 4 is 18.1 Å². The van der Waals surface area contributed by atoms with Crippen LogP contribution in [0.3, 0.4) is 0 Å². The molecule has 0 saturated carbocycles. The summed E-state index contributed by atoms with van der Waals surface area (Å²) in [6, 6.07) is 10.8. The number of hydrogen-bond donors (Lipinski definition) is 0. The molecule has 1 aromatic carbocycles. The molecule has 0 aliphatic carbocycles. The Morgan fingerprint density at radius 3 is 2.70 bits per heavy atom. The van der Waals surface area contributed by atoms with Crippen molar-refractivity contribution in [1.29, 1.82) is 0 Å². The summed E-state index contributed by atoms with van der Waals surface area (Å²) in [4.78, 5) is 6.99. The van der Waals surface area contributed by atoms with Gasteiger partial charge in [0.15, 0.2) is 5.82 Å². The Labute approximate surface area is 119 Å². The van der Waals surface area contributed by atoms with Gasteiger partial charge in [-0.15, -0.1) is 0 Å². The number of rotatable bonds is 3. The standard InChI is InChI=1S/C16H20N4/c1-13-7-6-12-20(13)16-17-15(18-19(16)2)11-10-14-8-4-3-5-9-14/h3-5,8-11,13H,6-7,12H2,1-2H3/b11-10+/t13-/m1/s1. The van der Waals surface area contributed by atoms with Crippen molar-refractivity contribution in [2.24, 2.45) is 7.05 Å². The quantitative estimate of drug-likeness (QED) is 0.858. The fourth-order valence-electron chi connectivity index (χ4n) is 2.68. The van der Waals surface area contributed by atoms with Crippen molar-refractivity contribution in [3.63, 3.8) is 0 Å². The molecule has 104 valence electrons. The monoisotopic (exact) mass is 268 g/mol. The lowest BCUT2D eigenvalue weighted by Crippen LogP contribution is -2.28. The molecule has 1 saturated heterocycles. The molecule has 4 heteroatoms. The largest absolute Gasteiger partial charge is 0.338 e. The van der Waals surface area contributed by atoms with Crippen LogP contribution in [0.2, 0.25) is 0 Å². The summed E-state index contributed by atoms with van der Waals surface area (Å²) in [5, 5.41) is 4.48. The molecule has 2 aromatic rings. The topological polar surface area (TPSA) is 34.0 Å². The van der Waals surface area contributed by atoms with Gasteiger partial charge in [0.1, 0.15) is 0 Å². The third kappa shape index (κ3) is 2.59. The Hall–Kier alpha value is -2.10. The van der Waals surface area contributed by atoms with Gasteiger partial charge in [-0.3, -0.25) is 0 Å². The third-order valence-corrected chi connectivity index (χ3v) is 3.79. The second-order valence-corrected chi connectivity index (χ2v) is 5.32. The third-order valence-electron chi connectivity index (χ3n) is 3.79. The summed E-state index contributed by atoms with van der Waals surface area (Å²) in [6.07, 6.45) is 6.50. The zero-order valence-corrected chi connectivity index (χ0v) is 12.0. The summed E-state index contributed by atoms with van der Waals surface area (Å²) in [5.41, 5.74) is 1.16. The van der Waals surface area contributed by atoms with Crippen molar-refractivity contribution in [3.05, 3.63) is 41.7 Å². The SMILES string of the molecule is C[C@@H]1CCCN1c1nc(/C=C/c2ccccc2)nn1C. The maximum Gasteiger partial charge on any atom is 0.224 e. The van der Waals surface area contributed by atoms with Gasteiger partial charge in [-0.2, -0.15) is 10.1 Å². The molecule has 4 nitrogen and oxygen atoms in total. The van der Waals surface area contributed by atoms with Crippen molar-refractivity contribution in [2.45, 2.75) is 25.8 Å². The highest BCUT2D eigenvalue weighted by atomic mass is 15.4. The van der Waals surface area contributed by atoms with Crippen LogP contribution in [0.5, 0.6) is 0 Å². The summed E-state index contributed by atoms with van der Waals surface area (Å²) >= 11 is 0. The summed E-state index contributed by atoms with van der Waals surface area (Å²) in [7, 11) is 1.97. The smallest absolute Gasteiger partial charge is 0.224 e. The highest BCUT2D eigenvalue weighted by molar-refractivity contribution is 5.66. The fourth-order valence-corrected chi connectivity index (χ4v) is 2.68. The van der Waals surface area contributed by atoms with Crippen molar-refractivity contribution in [2.75, 3.05) is 11.4 Å². The minimum Gasteiger partial charge on any atom is -0.338 e. The van der Waals surface area contributed by atoms with Gasteiger partial charge in [-0.25, -0.2) is 4.68 Å². The lowest BCUT2D eigenvalue weighted by molar-refractivity contribution is 0.674. The molecule has 20 heavy (non-hydrogen) atoms. The van der Waals surface area contributed by atoms with E-state index in [9.17, 15) is 0 Å². The van der Waals surface area contributed by atoms with Gasteiger partial charge in [0.25, 0.3) is 0 Å². The average molecular weight is 268 g/mol. The van der Waals surface area contributed by atoms with Gasteiger partial charge in [-0.1, -0.05) is 36.4 Å². The highest BCUT2D eigenvalue weighted by Gasteiger charge is 2.24. The van der Waals surface area contributed by atoms with Gasteiger partial charge in [0.05, 0.1) is 0 Å². The van der Waals surface area contributed by atoms with Crippen LogP contribution in [0, 0.1) is 0 Å². The predicted octanol–water partition coefficient (Wildman–Crippen LogP) is 2.97. The maximum atomic E-state index is 4.65. The van der Waals surface area contributed by atoms with Gasteiger partial charge >= 0.3 is 0 Å². The normalized spacial score (nSPS) is 19.1. The van der Waals surface area contributed by atoms with Crippen molar-refractivity contribution < 1.29 is 0 Å². The molecule has 0 radical (unpaired) electrons. The second kappa shape index (κ2) is 5.49. The Morgan fingerprint density at radius 1 is 1.20 bits per heavy atom. The number of aromatic nitrogens is 3. The maximum absolute atomic E-state index is 4.65. The first-order valence-corrected chi connectivity index (χ1v) is 7.15. The van der Waals surface area contributed by atoms with Gasteiger partial charge < -0.3 is 4.90 Å². The summed E-state index contributed by atoms with van der Waals surface area (Å²) in [6.45, 7) is 3.33.